The van der Waals surface area contributed by atoms with Gasteiger partial charge in [-0.1, -0.05) is 159 Å². The highest BCUT2D eigenvalue weighted by Crippen LogP contribution is 2.51. The molecule has 286 valence electrons. The molecule has 0 spiro atoms. The number of nitrogens with zero attached hydrogens (tertiary/aromatic N) is 1. The van der Waals surface area contributed by atoms with Crippen LogP contribution in [-0.2, 0) is 0 Å². The van der Waals surface area contributed by atoms with Crippen molar-refractivity contribution in [2.75, 3.05) is 4.90 Å². The Bertz CT molecular complexity index is 2670. The van der Waals surface area contributed by atoms with Crippen LogP contribution < -0.4 is 9.64 Å². The summed E-state index contributed by atoms with van der Waals surface area (Å²) in [6.07, 6.45) is 24.3. The van der Waals surface area contributed by atoms with E-state index in [9.17, 15) is 0 Å². The Balaban J connectivity index is 1.10. The predicted octanol–water partition coefficient (Wildman–Crippen LogP) is 15.5. The van der Waals surface area contributed by atoms with Gasteiger partial charge in [-0.25, -0.2) is 0 Å². The maximum atomic E-state index is 6.97. The molecule has 0 fully saturated rings. The lowest BCUT2D eigenvalue weighted by Gasteiger charge is -2.36. The zero-order chi connectivity index (χ0) is 39.0. The minimum atomic E-state index is 0.0849. The fourth-order valence-electron chi connectivity index (χ4n) is 9.89. The zero-order valence-electron chi connectivity index (χ0n) is 33.7. The third kappa shape index (κ3) is 6.75. The van der Waals surface area contributed by atoms with Crippen molar-refractivity contribution in [3.63, 3.8) is 0 Å². The first kappa shape index (κ1) is 36.2. The minimum absolute atomic E-state index is 0.0849. The molecule has 0 bridgehead atoms. The Morgan fingerprint density at radius 3 is 2.29 bits per heavy atom. The molecule has 2 heteroatoms. The highest BCUT2D eigenvalue weighted by Gasteiger charge is 2.29. The van der Waals surface area contributed by atoms with Crippen LogP contribution in [0.4, 0.5) is 5.69 Å². The van der Waals surface area contributed by atoms with E-state index < -0.39 is 0 Å². The zero-order valence-corrected chi connectivity index (χ0v) is 33.7. The van der Waals surface area contributed by atoms with Gasteiger partial charge in [0, 0.05) is 34.3 Å². The summed E-state index contributed by atoms with van der Waals surface area (Å²) < 4.78 is 6.97. The monoisotopic (exact) mass is 753 g/mol. The molecule has 0 aromatic heterocycles. The molecule has 0 saturated heterocycles. The second-order valence-corrected chi connectivity index (χ2v) is 16.7. The van der Waals surface area contributed by atoms with Crippen LogP contribution in [0.3, 0.4) is 0 Å². The summed E-state index contributed by atoms with van der Waals surface area (Å²) in [5.41, 5.74) is 15.7. The fourth-order valence-corrected chi connectivity index (χ4v) is 9.89. The molecule has 0 saturated carbocycles. The first-order chi connectivity index (χ1) is 28.6. The number of anilines is 1. The van der Waals surface area contributed by atoms with Crippen molar-refractivity contribution < 1.29 is 4.74 Å². The van der Waals surface area contributed by atoms with E-state index in [-0.39, 0.29) is 5.92 Å². The van der Waals surface area contributed by atoms with Crippen LogP contribution in [0.5, 0.6) is 11.5 Å². The molecule has 2 unspecified atom stereocenters. The van der Waals surface area contributed by atoms with Crippen LogP contribution in [0.25, 0.3) is 38.6 Å². The van der Waals surface area contributed by atoms with Gasteiger partial charge in [0.2, 0.25) is 0 Å². The highest BCUT2D eigenvalue weighted by molar-refractivity contribution is 6.06. The number of benzene rings is 6. The lowest BCUT2D eigenvalue weighted by Crippen LogP contribution is -2.34. The molecule has 2 nitrogen and oxygen atoms in total. The fraction of sp³-hybridized carbons (Fsp3) is 0.214. The minimum Gasteiger partial charge on any atom is -0.456 e. The first-order valence-corrected chi connectivity index (χ1v) is 21.5. The van der Waals surface area contributed by atoms with Crippen LogP contribution in [-0.4, -0.2) is 6.04 Å². The molecule has 58 heavy (non-hydrogen) atoms. The van der Waals surface area contributed by atoms with Crippen molar-refractivity contribution in [3.05, 3.63) is 203 Å². The lowest BCUT2D eigenvalue weighted by molar-refractivity contribution is 0.486. The molecule has 2 atom stereocenters. The topological polar surface area (TPSA) is 12.5 Å². The molecule has 3 aliphatic carbocycles. The van der Waals surface area contributed by atoms with Gasteiger partial charge < -0.3 is 9.64 Å². The lowest BCUT2D eigenvalue weighted by atomic mass is 9.77. The van der Waals surface area contributed by atoms with E-state index in [1.165, 1.54) is 78.7 Å². The summed E-state index contributed by atoms with van der Waals surface area (Å²) in [5.74, 6) is 2.38. The van der Waals surface area contributed by atoms with Crippen molar-refractivity contribution in [1.29, 1.82) is 0 Å². The Labute approximate surface area is 344 Å². The number of rotatable bonds is 9. The van der Waals surface area contributed by atoms with E-state index in [4.69, 9.17) is 4.74 Å². The van der Waals surface area contributed by atoms with Gasteiger partial charge in [-0.2, -0.15) is 0 Å². The van der Waals surface area contributed by atoms with E-state index in [2.05, 4.69) is 189 Å². The van der Waals surface area contributed by atoms with Gasteiger partial charge in [-0.15, -0.1) is 0 Å². The molecule has 0 amide bonds. The van der Waals surface area contributed by atoms with E-state index in [1.54, 1.807) is 0 Å². The van der Waals surface area contributed by atoms with E-state index >= 15 is 0 Å². The van der Waals surface area contributed by atoms with Crippen LogP contribution >= 0.6 is 0 Å². The summed E-state index contributed by atoms with van der Waals surface area (Å²) in [6, 6.07) is 47.8. The largest absolute Gasteiger partial charge is 0.456 e. The number of allylic oxidation sites excluding steroid dienone is 8. The summed E-state index contributed by atoms with van der Waals surface area (Å²) in [6.45, 7) is 4.59. The van der Waals surface area contributed by atoms with Gasteiger partial charge >= 0.3 is 0 Å². The maximum Gasteiger partial charge on any atom is 0.137 e. The molecule has 10 rings (SSSR count). The van der Waals surface area contributed by atoms with Gasteiger partial charge in [-0.05, 0) is 125 Å². The average Bonchev–Trinajstić information content (AvgIpc) is 3.29. The summed E-state index contributed by atoms with van der Waals surface area (Å²) in [5, 5.41) is 2.46. The van der Waals surface area contributed by atoms with Crippen molar-refractivity contribution >= 4 is 22.0 Å². The Kier molecular flexibility index (Phi) is 9.79. The van der Waals surface area contributed by atoms with Crippen LogP contribution in [0.1, 0.15) is 92.9 Å². The van der Waals surface area contributed by atoms with Crippen molar-refractivity contribution in [2.24, 2.45) is 0 Å². The number of ether oxygens (including phenoxy) is 1. The quantitative estimate of drug-likeness (QED) is 0.136. The van der Waals surface area contributed by atoms with Crippen molar-refractivity contribution in [1.82, 2.24) is 0 Å². The molecule has 4 aliphatic rings. The normalized spacial score (nSPS) is 17.6. The molecule has 0 radical (unpaired) electrons. The van der Waals surface area contributed by atoms with E-state index in [0.717, 1.165) is 55.6 Å². The summed E-state index contributed by atoms with van der Waals surface area (Å²) >= 11 is 0. The Morgan fingerprint density at radius 1 is 0.638 bits per heavy atom. The Hall–Kier alpha value is -6.12. The average molecular weight is 754 g/mol. The van der Waals surface area contributed by atoms with Gasteiger partial charge in [0.1, 0.15) is 11.5 Å². The third-order valence-corrected chi connectivity index (χ3v) is 12.7. The maximum absolute atomic E-state index is 6.97. The van der Waals surface area contributed by atoms with Crippen LogP contribution in [0, 0.1) is 0 Å². The molecular weight excluding hydrogens is 703 g/mol. The second kappa shape index (κ2) is 15.7. The molecule has 1 aliphatic heterocycles. The molecule has 1 heterocycles. The molecule has 6 aromatic rings. The molecule has 0 N–H and O–H groups in total. The predicted molar refractivity (Wildman–Crippen MR) is 245 cm³/mol. The van der Waals surface area contributed by atoms with Gasteiger partial charge in [0.15, 0.2) is 0 Å². The second-order valence-electron chi connectivity index (χ2n) is 16.7. The van der Waals surface area contributed by atoms with Gasteiger partial charge in [-0.3, -0.25) is 0 Å². The van der Waals surface area contributed by atoms with Crippen molar-refractivity contribution in [2.45, 2.75) is 76.7 Å². The number of hydrogen-bond donors (Lipinski definition) is 0. The van der Waals surface area contributed by atoms with E-state index in [1.807, 2.05) is 0 Å². The van der Waals surface area contributed by atoms with Gasteiger partial charge in [0.25, 0.3) is 0 Å². The van der Waals surface area contributed by atoms with E-state index in [0.29, 0.717) is 12.0 Å². The number of hydrogen-bond acceptors (Lipinski definition) is 2. The number of fused-ring (bicyclic) bond motifs is 2. The first-order valence-electron chi connectivity index (χ1n) is 21.5. The summed E-state index contributed by atoms with van der Waals surface area (Å²) in [7, 11) is 0. The van der Waals surface area contributed by atoms with Crippen LogP contribution in [0.2, 0.25) is 0 Å². The summed E-state index contributed by atoms with van der Waals surface area (Å²) in [4.78, 5) is 2.53. The smallest absolute Gasteiger partial charge is 0.137 e. The molecule has 6 aromatic carbocycles. The van der Waals surface area contributed by atoms with Gasteiger partial charge in [0.05, 0.1) is 6.04 Å². The standard InChI is InChI=1S/C56H51NO/c1-38(2)47-24-12-13-25-48(47)42-18-14-19-43(36-42)55(41-30-28-40(29-31-41)39-16-6-3-7-17-39)52-34-35-53-56-50(26-15-27-51(52)56)49-33-32-46(37-54(49)58-53)57(44-20-8-4-9-21-44)45-22-10-5-11-23-45/h3,6-8,10,12-22,24-28,30,32-38,45,55H,4-5,9,11,23,29,31H2,1-2H3. The van der Waals surface area contributed by atoms with Crippen LogP contribution in [0.15, 0.2) is 181 Å². The SMILES string of the molecule is CC(C)c1ccccc1-c1cccc(C(C2=CC=C(c3ccccc3)CC2)c2ccc3c4c(cccc24)-c2ccc(N(C4=CCCC=C4)C4C=CCCC4)cc2O3)c1. The highest BCUT2D eigenvalue weighted by atomic mass is 16.5. The Morgan fingerprint density at radius 2 is 1.48 bits per heavy atom. The van der Waals surface area contributed by atoms with Crippen molar-refractivity contribution in [3.8, 4) is 33.8 Å². The third-order valence-electron chi connectivity index (χ3n) is 12.7. The molecular formula is C56H51NO.